The maximum atomic E-state index is 13.8. The van der Waals surface area contributed by atoms with Crippen molar-refractivity contribution in [2.75, 3.05) is 18.0 Å². The lowest BCUT2D eigenvalue weighted by Gasteiger charge is -2.25. The summed E-state index contributed by atoms with van der Waals surface area (Å²) in [5.41, 5.74) is -1.19. The predicted molar refractivity (Wildman–Crippen MR) is 79.7 cm³/mol. The van der Waals surface area contributed by atoms with Crippen molar-refractivity contribution in [1.82, 2.24) is 4.72 Å². The molecule has 0 aliphatic heterocycles. The summed E-state index contributed by atoms with van der Waals surface area (Å²) in [5.74, 6) is -1.34. The van der Waals surface area contributed by atoms with Crippen LogP contribution in [0.4, 0.5) is 4.39 Å². The van der Waals surface area contributed by atoms with Gasteiger partial charge < -0.3 is 0 Å². The third-order valence-electron chi connectivity index (χ3n) is 2.59. The molecule has 0 atom stereocenters. The van der Waals surface area contributed by atoms with Gasteiger partial charge in [-0.15, -0.1) is 23.2 Å². The summed E-state index contributed by atoms with van der Waals surface area (Å²) < 4.78 is 63.2. The van der Waals surface area contributed by atoms with Gasteiger partial charge in [-0.25, -0.2) is 25.9 Å². The first-order valence-electron chi connectivity index (χ1n) is 5.61. The van der Waals surface area contributed by atoms with Crippen LogP contribution in [0, 0.1) is 5.82 Å². The fourth-order valence-corrected chi connectivity index (χ4v) is 4.20. The molecule has 10 heteroatoms. The second-order valence-electron chi connectivity index (χ2n) is 4.80. The molecule has 21 heavy (non-hydrogen) atoms. The van der Waals surface area contributed by atoms with Crippen LogP contribution in [0.2, 0.25) is 0 Å². The third-order valence-corrected chi connectivity index (χ3v) is 6.53. The van der Waals surface area contributed by atoms with Gasteiger partial charge in [-0.3, -0.25) is 0 Å². The first-order chi connectivity index (χ1) is 9.45. The van der Waals surface area contributed by atoms with Gasteiger partial charge in [-0.2, -0.15) is 0 Å². The van der Waals surface area contributed by atoms with Crippen molar-refractivity contribution in [2.24, 2.45) is 0 Å². The van der Waals surface area contributed by atoms with E-state index in [0.29, 0.717) is 0 Å². The summed E-state index contributed by atoms with van der Waals surface area (Å²) in [6, 6.07) is 2.53. The molecule has 0 aliphatic carbocycles. The molecule has 0 saturated heterocycles. The molecule has 0 radical (unpaired) electrons. The Morgan fingerprint density at radius 1 is 1.19 bits per heavy atom. The van der Waals surface area contributed by atoms with Gasteiger partial charge in [-0.05, 0) is 25.1 Å². The highest BCUT2D eigenvalue weighted by atomic mass is 35.5. The molecule has 0 unspecified atom stereocenters. The Kier molecular flexibility index (Phi) is 5.66. The van der Waals surface area contributed by atoms with E-state index < -0.39 is 36.1 Å². The molecule has 0 fully saturated rings. The van der Waals surface area contributed by atoms with Gasteiger partial charge in [0.2, 0.25) is 10.0 Å². The zero-order chi connectivity index (χ0) is 16.5. The van der Waals surface area contributed by atoms with Crippen molar-refractivity contribution in [3.63, 3.8) is 0 Å². The van der Waals surface area contributed by atoms with E-state index in [1.165, 1.54) is 6.92 Å². The van der Waals surface area contributed by atoms with Crippen molar-refractivity contribution in [2.45, 2.75) is 22.3 Å². The minimum Gasteiger partial charge on any atom is -0.224 e. The third kappa shape index (κ3) is 4.53. The average molecular weight is 378 g/mol. The number of nitrogens with one attached hydrogen (secondary N) is 1. The summed E-state index contributed by atoms with van der Waals surface area (Å²) in [4.78, 5) is -1.07. The van der Waals surface area contributed by atoms with E-state index in [1.54, 1.807) is 0 Å². The van der Waals surface area contributed by atoms with Crippen LogP contribution in [0.25, 0.3) is 0 Å². The summed E-state index contributed by atoms with van der Waals surface area (Å²) >= 11 is 11.3. The Labute approximate surface area is 133 Å². The molecule has 0 spiro atoms. The highest BCUT2D eigenvalue weighted by molar-refractivity contribution is 7.91. The minimum atomic E-state index is -4.31. The smallest absolute Gasteiger partial charge is 0.224 e. The Balaban J connectivity index is 3.39. The van der Waals surface area contributed by atoms with E-state index in [9.17, 15) is 21.2 Å². The van der Waals surface area contributed by atoms with Crippen LogP contribution in [-0.2, 0) is 19.9 Å². The molecule has 1 N–H and O–H groups in total. The first kappa shape index (κ1) is 18.6. The van der Waals surface area contributed by atoms with Gasteiger partial charge in [0, 0.05) is 18.0 Å². The second-order valence-corrected chi connectivity index (χ2v) is 9.00. The minimum absolute atomic E-state index is 0.136. The van der Waals surface area contributed by atoms with Crippen LogP contribution >= 0.6 is 23.2 Å². The van der Waals surface area contributed by atoms with Gasteiger partial charge in [0.15, 0.2) is 9.84 Å². The lowest BCUT2D eigenvalue weighted by atomic mass is 10.1. The van der Waals surface area contributed by atoms with Crippen LogP contribution < -0.4 is 4.72 Å². The Morgan fingerprint density at radius 2 is 1.71 bits per heavy atom. The van der Waals surface area contributed by atoms with E-state index in [0.717, 1.165) is 24.5 Å². The quantitative estimate of drug-likeness (QED) is 0.604. The highest BCUT2D eigenvalue weighted by Gasteiger charge is 2.31. The van der Waals surface area contributed by atoms with Crippen LogP contribution in [-0.4, -0.2) is 40.4 Å². The second kappa shape index (κ2) is 6.37. The molecular weight excluding hydrogens is 364 g/mol. The summed E-state index contributed by atoms with van der Waals surface area (Å²) in [5, 5.41) is 0. The van der Waals surface area contributed by atoms with Crippen LogP contribution in [0.1, 0.15) is 6.92 Å². The lowest BCUT2D eigenvalue weighted by molar-refractivity contribution is 0.494. The van der Waals surface area contributed by atoms with E-state index >= 15 is 0 Å². The zero-order valence-electron chi connectivity index (χ0n) is 11.2. The Morgan fingerprint density at radius 3 is 2.14 bits per heavy atom. The van der Waals surface area contributed by atoms with Crippen molar-refractivity contribution < 1.29 is 21.2 Å². The molecule has 0 saturated carbocycles. The summed E-state index contributed by atoms with van der Waals surface area (Å²) in [6.07, 6.45) is 0.895. The molecule has 5 nitrogen and oxygen atoms in total. The SMILES string of the molecule is CC(CCl)(CCl)NS(=O)(=O)c1cc(S(C)(=O)=O)ccc1F. The number of rotatable bonds is 6. The summed E-state index contributed by atoms with van der Waals surface area (Å²) in [7, 11) is -7.98. The number of benzene rings is 1. The Hall–Kier alpha value is -0.410. The molecule has 0 bridgehead atoms. The number of hydrogen-bond acceptors (Lipinski definition) is 4. The van der Waals surface area contributed by atoms with E-state index in [1.807, 2.05) is 0 Å². The highest BCUT2D eigenvalue weighted by Crippen LogP contribution is 2.22. The average Bonchev–Trinajstić information content (AvgIpc) is 2.37. The lowest BCUT2D eigenvalue weighted by Crippen LogP contribution is -2.49. The van der Waals surface area contributed by atoms with E-state index in [-0.39, 0.29) is 16.7 Å². The molecule has 1 aromatic rings. The molecule has 0 amide bonds. The molecular formula is C11H14Cl2FNO4S2. The molecule has 0 heterocycles. The number of halogens is 3. The number of hydrogen-bond donors (Lipinski definition) is 1. The topological polar surface area (TPSA) is 80.3 Å². The van der Waals surface area contributed by atoms with Crippen molar-refractivity contribution in [3.05, 3.63) is 24.0 Å². The van der Waals surface area contributed by atoms with Gasteiger partial charge in [0.1, 0.15) is 10.7 Å². The fraction of sp³-hybridized carbons (Fsp3) is 0.455. The summed E-state index contributed by atoms with van der Waals surface area (Å²) in [6.45, 7) is 1.45. The molecule has 0 aromatic heterocycles. The van der Waals surface area contributed by atoms with Crippen molar-refractivity contribution >= 4 is 43.1 Å². The number of sulfonamides is 1. The number of alkyl halides is 2. The van der Waals surface area contributed by atoms with Crippen LogP contribution in [0.5, 0.6) is 0 Å². The first-order valence-corrected chi connectivity index (χ1v) is 10.0. The maximum absolute atomic E-state index is 13.8. The fourth-order valence-electron chi connectivity index (χ4n) is 1.39. The van der Waals surface area contributed by atoms with Gasteiger partial charge in [-0.1, -0.05) is 0 Å². The number of sulfone groups is 1. The van der Waals surface area contributed by atoms with Gasteiger partial charge in [0.05, 0.1) is 10.4 Å². The largest absolute Gasteiger partial charge is 0.244 e. The van der Waals surface area contributed by atoms with Crippen LogP contribution in [0.3, 0.4) is 0 Å². The van der Waals surface area contributed by atoms with Crippen molar-refractivity contribution in [1.29, 1.82) is 0 Å². The Bertz CT molecular complexity index is 731. The predicted octanol–water partition coefficient (Wildman–Crippen LogP) is 1.74. The molecule has 1 rings (SSSR count). The maximum Gasteiger partial charge on any atom is 0.244 e. The molecule has 120 valence electrons. The van der Waals surface area contributed by atoms with Crippen molar-refractivity contribution in [3.8, 4) is 0 Å². The monoisotopic (exact) mass is 377 g/mol. The normalized spacial score (nSPS) is 13.4. The standard InChI is InChI=1S/C11H14Cl2FNO4S2/c1-11(6-12,7-13)15-21(18,19)10-5-8(20(2,16)17)3-4-9(10)14/h3-5,15H,6-7H2,1-2H3. The molecule has 0 aliphatic rings. The van der Waals surface area contributed by atoms with Gasteiger partial charge in [0.25, 0.3) is 0 Å². The van der Waals surface area contributed by atoms with E-state index in [2.05, 4.69) is 4.72 Å². The van der Waals surface area contributed by atoms with E-state index in [4.69, 9.17) is 23.2 Å². The molecule has 1 aromatic carbocycles. The van der Waals surface area contributed by atoms with Crippen LogP contribution in [0.15, 0.2) is 28.0 Å². The van der Waals surface area contributed by atoms with Gasteiger partial charge >= 0.3 is 0 Å². The zero-order valence-corrected chi connectivity index (χ0v) is 14.4.